The van der Waals surface area contributed by atoms with Gasteiger partial charge in [-0.15, -0.1) is 11.8 Å². The minimum Gasteiger partial charge on any atom is -0.335 e. The Bertz CT molecular complexity index is 501. The Balaban J connectivity index is 1.78. The van der Waals surface area contributed by atoms with Gasteiger partial charge in [0.05, 0.1) is 5.25 Å². The molecule has 0 radical (unpaired) electrons. The van der Waals surface area contributed by atoms with Crippen LogP contribution in [-0.4, -0.2) is 23.2 Å². The van der Waals surface area contributed by atoms with Crippen LogP contribution in [0.25, 0.3) is 0 Å². The van der Waals surface area contributed by atoms with Crippen molar-refractivity contribution in [1.29, 1.82) is 0 Å². The Morgan fingerprint density at radius 3 is 2.48 bits per heavy atom. The highest BCUT2D eigenvalue weighted by Crippen LogP contribution is 2.25. The third kappa shape index (κ3) is 5.36. The molecule has 2 rings (SSSR count). The molecule has 0 saturated heterocycles. The highest BCUT2D eigenvalue weighted by atomic mass is 79.9. The normalized spacial score (nSPS) is 16.5. The minimum absolute atomic E-state index is 0.215. The van der Waals surface area contributed by atoms with Gasteiger partial charge in [-0.2, -0.15) is 0 Å². The van der Waals surface area contributed by atoms with Gasteiger partial charge in [0.25, 0.3) is 0 Å². The molecule has 3 amide bonds. The van der Waals surface area contributed by atoms with E-state index in [1.54, 1.807) is 6.92 Å². The van der Waals surface area contributed by atoms with E-state index >= 15 is 0 Å². The van der Waals surface area contributed by atoms with E-state index in [1.165, 1.54) is 11.8 Å². The van der Waals surface area contributed by atoms with Crippen LogP contribution in [0, 0.1) is 0 Å². The van der Waals surface area contributed by atoms with Crippen LogP contribution in [0.4, 0.5) is 4.79 Å². The molecule has 1 atom stereocenters. The molecule has 1 saturated carbocycles. The van der Waals surface area contributed by atoms with E-state index in [2.05, 4.69) is 26.6 Å². The van der Waals surface area contributed by atoms with Crippen LogP contribution in [0.3, 0.4) is 0 Å². The van der Waals surface area contributed by atoms with Gasteiger partial charge in [-0.1, -0.05) is 28.8 Å². The molecule has 6 heteroatoms. The molecule has 1 aliphatic carbocycles. The average Bonchev–Trinajstić information content (AvgIpc) is 2.94. The molecular weight excluding hydrogens is 352 g/mol. The minimum atomic E-state index is -0.379. The maximum Gasteiger partial charge on any atom is 0.321 e. The van der Waals surface area contributed by atoms with Crippen LogP contribution in [0.5, 0.6) is 0 Å². The summed E-state index contributed by atoms with van der Waals surface area (Å²) in [4.78, 5) is 24.7. The van der Waals surface area contributed by atoms with Crippen LogP contribution < -0.4 is 10.6 Å². The summed E-state index contributed by atoms with van der Waals surface area (Å²) in [7, 11) is 0. The Kier molecular flexibility index (Phi) is 6.11. The summed E-state index contributed by atoms with van der Waals surface area (Å²) < 4.78 is 1.000. The van der Waals surface area contributed by atoms with Gasteiger partial charge in [-0.05, 0) is 44.0 Å². The Morgan fingerprint density at radius 2 is 1.86 bits per heavy atom. The first-order valence-electron chi connectivity index (χ1n) is 7.08. The molecule has 0 unspecified atom stereocenters. The van der Waals surface area contributed by atoms with Crippen molar-refractivity contribution in [2.75, 3.05) is 0 Å². The van der Waals surface area contributed by atoms with Crippen molar-refractivity contribution >= 4 is 39.6 Å². The first-order valence-corrected chi connectivity index (χ1v) is 8.75. The van der Waals surface area contributed by atoms with Gasteiger partial charge in [0, 0.05) is 15.4 Å². The fourth-order valence-electron chi connectivity index (χ4n) is 2.28. The summed E-state index contributed by atoms with van der Waals surface area (Å²) in [6, 6.07) is 7.58. The SMILES string of the molecule is C[C@@H](Sc1ccc(Br)cc1)C(=O)NC(=O)NC1CCCC1. The molecule has 1 aliphatic rings. The number of imide groups is 1. The zero-order valence-corrected chi connectivity index (χ0v) is 14.3. The zero-order chi connectivity index (χ0) is 15.2. The fourth-order valence-corrected chi connectivity index (χ4v) is 3.41. The third-order valence-electron chi connectivity index (χ3n) is 3.42. The van der Waals surface area contributed by atoms with Crippen LogP contribution in [0.1, 0.15) is 32.6 Å². The number of rotatable bonds is 4. The molecule has 21 heavy (non-hydrogen) atoms. The molecule has 0 aromatic heterocycles. The van der Waals surface area contributed by atoms with Gasteiger partial charge in [0.15, 0.2) is 0 Å². The number of thioether (sulfide) groups is 1. The number of hydrogen-bond donors (Lipinski definition) is 2. The number of amides is 3. The summed E-state index contributed by atoms with van der Waals surface area (Å²) in [6.07, 6.45) is 4.30. The number of carbonyl (C=O) groups is 2. The zero-order valence-electron chi connectivity index (χ0n) is 11.9. The average molecular weight is 371 g/mol. The molecule has 0 spiro atoms. The summed E-state index contributed by atoms with van der Waals surface area (Å²) in [6.45, 7) is 1.80. The summed E-state index contributed by atoms with van der Waals surface area (Å²) in [5.41, 5.74) is 0. The second kappa shape index (κ2) is 7.84. The highest BCUT2D eigenvalue weighted by Gasteiger charge is 2.20. The van der Waals surface area contributed by atoms with E-state index in [0.717, 1.165) is 35.1 Å². The number of halogens is 1. The van der Waals surface area contributed by atoms with Crippen molar-refractivity contribution in [2.45, 2.75) is 48.8 Å². The lowest BCUT2D eigenvalue weighted by Crippen LogP contribution is -2.45. The lowest BCUT2D eigenvalue weighted by atomic mass is 10.2. The number of urea groups is 1. The van der Waals surface area contributed by atoms with E-state index in [1.807, 2.05) is 24.3 Å². The standard InChI is InChI=1S/C15H19BrN2O2S/c1-10(21-13-8-6-11(16)7-9-13)14(19)18-15(20)17-12-4-2-3-5-12/h6-10,12H,2-5H2,1H3,(H2,17,18,19,20)/t10-/m1/s1. The summed E-state index contributed by atoms with van der Waals surface area (Å²) in [5.74, 6) is -0.265. The number of benzene rings is 1. The van der Waals surface area contributed by atoms with Gasteiger partial charge >= 0.3 is 6.03 Å². The van der Waals surface area contributed by atoms with Gasteiger partial charge in [0.1, 0.15) is 0 Å². The third-order valence-corrected chi connectivity index (χ3v) is 5.06. The van der Waals surface area contributed by atoms with Crippen molar-refractivity contribution in [1.82, 2.24) is 10.6 Å². The topological polar surface area (TPSA) is 58.2 Å². The largest absolute Gasteiger partial charge is 0.335 e. The Morgan fingerprint density at radius 1 is 1.24 bits per heavy atom. The Hall–Kier alpha value is -1.01. The van der Waals surface area contributed by atoms with Crippen LogP contribution in [-0.2, 0) is 4.79 Å². The fraction of sp³-hybridized carbons (Fsp3) is 0.467. The van der Waals surface area contributed by atoms with Crippen LogP contribution >= 0.6 is 27.7 Å². The van der Waals surface area contributed by atoms with Gasteiger partial charge < -0.3 is 5.32 Å². The summed E-state index contributed by atoms with van der Waals surface area (Å²) in [5, 5.41) is 4.95. The molecule has 0 heterocycles. The maximum atomic E-state index is 12.0. The lowest BCUT2D eigenvalue weighted by molar-refractivity contribution is -0.119. The van der Waals surface area contributed by atoms with Crippen molar-refractivity contribution in [3.63, 3.8) is 0 Å². The number of carbonyl (C=O) groups excluding carboxylic acids is 2. The van der Waals surface area contributed by atoms with E-state index in [9.17, 15) is 9.59 Å². The first kappa shape index (κ1) is 16.4. The van der Waals surface area contributed by atoms with E-state index in [-0.39, 0.29) is 23.2 Å². The van der Waals surface area contributed by atoms with Crippen LogP contribution in [0.2, 0.25) is 0 Å². The highest BCUT2D eigenvalue weighted by molar-refractivity contribution is 9.10. The maximum absolute atomic E-state index is 12.0. The number of hydrogen-bond acceptors (Lipinski definition) is 3. The number of nitrogens with one attached hydrogen (secondary N) is 2. The first-order chi connectivity index (χ1) is 10.0. The van der Waals surface area contributed by atoms with Crippen molar-refractivity contribution in [3.8, 4) is 0 Å². The van der Waals surface area contributed by atoms with Crippen molar-refractivity contribution in [2.24, 2.45) is 0 Å². The quantitative estimate of drug-likeness (QED) is 0.794. The smallest absolute Gasteiger partial charge is 0.321 e. The lowest BCUT2D eigenvalue weighted by Gasteiger charge is -2.14. The molecule has 1 aromatic carbocycles. The molecule has 2 N–H and O–H groups in total. The van der Waals surface area contributed by atoms with Crippen molar-refractivity contribution < 1.29 is 9.59 Å². The van der Waals surface area contributed by atoms with Gasteiger partial charge in [-0.3, -0.25) is 10.1 Å². The predicted molar refractivity (Wildman–Crippen MR) is 88.4 cm³/mol. The van der Waals surface area contributed by atoms with Gasteiger partial charge in [-0.25, -0.2) is 4.79 Å². The summed E-state index contributed by atoms with van der Waals surface area (Å²) >= 11 is 4.81. The Labute approximate surface area is 137 Å². The monoisotopic (exact) mass is 370 g/mol. The predicted octanol–water partition coefficient (Wildman–Crippen LogP) is 3.70. The molecule has 1 fully saturated rings. The second-order valence-corrected chi connectivity index (χ2v) is 7.49. The van der Waals surface area contributed by atoms with E-state index < -0.39 is 0 Å². The van der Waals surface area contributed by atoms with E-state index in [0.29, 0.717) is 0 Å². The molecule has 4 nitrogen and oxygen atoms in total. The van der Waals surface area contributed by atoms with Gasteiger partial charge in [0.2, 0.25) is 5.91 Å². The molecule has 1 aromatic rings. The molecule has 0 aliphatic heterocycles. The van der Waals surface area contributed by atoms with E-state index in [4.69, 9.17) is 0 Å². The second-order valence-electron chi connectivity index (χ2n) is 5.16. The van der Waals surface area contributed by atoms with Crippen molar-refractivity contribution in [3.05, 3.63) is 28.7 Å². The van der Waals surface area contributed by atoms with Crippen LogP contribution in [0.15, 0.2) is 33.6 Å². The molecular formula is C15H19BrN2O2S. The molecule has 0 bridgehead atoms. The molecule has 114 valence electrons.